The highest BCUT2D eigenvalue weighted by Gasteiger charge is 2.51. The quantitative estimate of drug-likeness (QED) is 0.146. The topological polar surface area (TPSA) is 182 Å². The Morgan fingerprint density at radius 3 is 1.31 bits per heavy atom. The molecule has 2 spiro atoms. The van der Waals surface area contributed by atoms with E-state index < -0.39 is 41.2 Å². The third-order valence-electron chi connectivity index (χ3n) is 8.74. The summed E-state index contributed by atoms with van der Waals surface area (Å²) in [5, 5.41) is 0. The monoisotopic (exact) mass is 756 g/mol. The van der Waals surface area contributed by atoms with Crippen molar-refractivity contribution in [3.05, 3.63) is 0 Å². The van der Waals surface area contributed by atoms with Crippen LogP contribution in [0.15, 0.2) is 0 Å². The lowest BCUT2D eigenvalue weighted by Gasteiger charge is -2.49. The first kappa shape index (κ1) is 44.8. The molecular formula is C34H60O18. The molecule has 4 rings (SSSR count). The van der Waals surface area contributed by atoms with Crippen LogP contribution >= 0.6 is 0 Å². The third-order valence-corrected chi connectivity index (χ3v) is 8.74. The van der Waals surface area contributed by atoms with Crippen molar-refractivity contribution in [2.24, 2.45) is 10.8 Å². The number of esters is 2. The van der Waals surface area contributed by atoms with Crippen LogP contribution in [-0.4, -0.2) is 156 Å². The van der Waals surface area contributed by atoms with E-state index in [0.717, 1.165) is 13.0 Å². The lowest BCUT2D eigenvalue weighted by atomic mass is 9.90. The number of ether oxygens (including phenoxy) is 16. The minimum absolute atomic E-state index is 0.0667. The highest BCUT2D eigenvalue weighted by atomic mass is 16.9. The molecule has 4 fully saturated rings. The zero-order valence-corrected chi connectivity index (χ0v) is 32.1. The fraction of sp³-hybridized carbons (Fsp3) is 0.941. The van der Waals surface area contributed by atoms with Crippen LogP contribution in [0.2, 0.25) is 0 Å². The molecule has 0 N–H and O–H groups in total. The molecule has 18 heteroatoms. The van der Waals surface area contributed by atoms with E-state index in [-0.39, 0.29) is 45.1 Å². The number of hydrogen-bond donors (Lipinski definition) is 0. The first-order valence-electron chi connectivity index (χ1n) is 17.7. The van der Waals surface area contributed by atoms with Gasteiger partial charge in [0.15, 0.2) is 6.61 Å². The lowest BCUT2D eigenvalue weighted by Crippen LogP contribution is -2.59. The molecule has 18 nitrogen and oxygen atoms in total. The molecule has 0 unspecified atom stereocenters. The van der Waals surface area contributed by atoms with E-state index in [0.29, 0.717) is 65.7 Å². The van der Waals surface area contributed by atoms with Gasteiger partial charge in [0.25, 0.3) is 23.9 Å². The van der Waals surface area contributed by atoms with Crippen LogP contribution in [0, 0.1) is 10.8 Å². The summed E-state index contributed by atoms with van der Waals surface area (Å²) in [6, 6.07) is 0. The minimum atomic E-state index is -1.35. The van der Waals surface area contributed by atoms with Crippen molar-refractivity contribution >= 4 is 11.9 Å². The maximum Gasteiger partial charge on any atom is 0.332 e. The van der Waals surface area contributed by atoms with Gasteiger partial charge in [0.2, 0.25) is 0 Å². The van der Waals surface area contributed by atoms with Crippen LogP contribution < -0.4 is 0 Å². The maximum absolute atomic E-state index is 11.8. The van der Waals surface area contributed by atoms with E-state index in [1.807, 2.05) is 13.8 Å². The second kappa shape index (κ2) is 20.9. The zero-order chi connectivity index (χ0) is 38.2. The highest BCUT2D eigenvalue weighted by Crippen LogP contribution is 2.39. The van der Waals surface area contributed by atoms with E-state index in [1.165, 1.54) is 14.2 Å². The van der Waals surface area contributed by atoms with Crippen molar-refractivity contribution in [3.63, 3.8) is 0 Å². The molecule has 0 aromatic carbocycles. The van der Waals surface area contributed by atoms with Gasteiger partial charge in [0.1, 0.15) is 19.8 Å². The number of hydrogen-bond acceptors (Lipinski definition) is 18. The molecule has 4 saturated heterocycles. The largest absolute Gasteiger partial charge is 0.460 e. The summed E-state index contributed by atoms with van der Waals surface area (Å²) in [5.41, 5.74) is -0.800. The van der Waals surface area contributed by atoms with E-state index in [9.17, 15) is 9.59 Å². The van der Waals surface area contributed by atoms with Gasteiger partial charge in [-0.25, -0.2) is 9.59 Å². The van der Waals surface area contributed by atoms with Gasteiger partial charge in [-0.2, -0.15) is 0 Å². The van der Waals surface area contributed by atoms with Gasteiger partial charge in [0.05, 0.1) is 76.9 Å². The zero-order valence-electron chi connectivity index (χ0n) is 32.1. The van der Waals surface area contributed by atoms with Gasteiger partial charge in [-0.1, -0.05) is 20.8 Å². The van der Waals surface area contributed by atoms with Gasteiger partial charge in [-0.15, -0.1) is 0 Å². The average Bonchev–Trinajstić information content (AvgIpc) is 3.17. The molecule has 4 aliphatic heterocycles. The van der Waals surface area contributed by atoms with Crippen molar-refractivity contribution in [3.8, 4) is 0 Å². The summed E-state index contributed by atoms with van der Waals surface area (Å²) in [7, 11) is 4.44. The van der Waals surface area contributed by atoms with E-state index in [1.54, 1.807) is 21.0 Å². The molecule has 4 aliphatic rings. The predicted octanol–water partition coefficient (Wildman–Crippen LogP) is 2.09. The van der Waals surface area contributed by atoms with Gasteiger partial charge >= 0.3 is 11.9 Å². The molecule has 0 atom stereocenters. The molecule has 4 heterocycles. The van der Waals surface area contributed by atoms with E-state index >= 15 is 0 Å². The van der Waals surface area contributed by atoms with Crippen LogP contribution in [0.1, 0.15) is 53.9 Å². The highest BCUT2D eigenvalue weighted by molar-refractivity contribution is 5.71. The van der Waals surface area contributed by atoms with E-state index in [4.69, 9.17) is 71.1 Å². The van der Waals surface area contributed by atoms with Gasteiger partial charge in [-0.3, -0.25) is 0 Å². The molecule has 0 aromatic rings. The van der Waals surface area contributed by atoms with Gasteiger partial charge in [0, 0.05) is 54.6 Å². The fourth-order valence-corrected chi connectivity index (χ4v) is 5.05. The SMILES string of the molecule is CCC1(OCC(=O)OCCOC(=O)COC)OCC2(COC(C)(OC)OC2)CO1.CCCOCCOC1(CC)OCC2(COC(C)(OC)OC2)CO1. The number of carbonyl (C=O) groups excluding carboxylic acids is 2. The molecule has 0 radical (unpaired) electrons. The first-order chi connectivity index (χ1) is 24.8. The van der Waals surface area contributed by atoms with Crippen LogP contribution in [0.3, 0.4) is 0 Å². The predicted molar refractivity (Wildman–Crippen MR) is 176 cm³/mol. The summed E-state index contributed by atoms with van der Waals surface area (Å²) < 4.78 is 87.5. The van der Waals surface area contributed by atoms with Gasteiger partial charge in [-0.05, 0) is 6.42 Å². The molecule has 304 valence electrons. The Bertz CT molecular complexity index is 1040. The van der Waals surface area contributed by atoms with Gasteiger partial charge < -0.3 is 75.8 Å². The Kier molecular flexibility index (Phi) is 18.0. The number of carbonyl (C=O) groups is 2. The molecule has 0 bridgehead atoms. The molecule has 0 amide bonds. The normalized spacial score (nSPS) is 34.8. The Labute approximate surface area is 306 Å². The number of rotatable bonds is 18. The van der Waals surface area contributed by atoms with Crippen molar-refractivity contribution in [2.45, 2.75) is 77.8 Å². The summed E-state index contributed by atoms with van der Waals surface area (Å²) in [5.74, 6) is -5.59. The summed E-state index contributed by atoms with van der Waals surface area (Å²) >= 11 is 0. The lowest BCUT2D eigenvalue weighted by molar-refractivity contribution is -0.459. The fourth-order valence-electron chi connectivity index (χ4n) is 5.05. The first-order valence-corrected chi connectivity index (χ1v) is 17.7. The minimum Gasteiger partial charge on any atom is -0.460 e. The Balaban J connectivity index is 0.000000288. The van der Waals surface area contributed by atoms with Crippen LogP contribution in [0.5, 0.6) is 0 Å². The molecular weight excluding hydrogens is 696 g/mol. The van der Waals surface area contributed by atoms with E-state index in [2.05, 4.69) is 11.7 Å². The standard InChI is InChI=1S/C18H30O11.C16H30O7/c1-5-18(25-9-15(20)24-7-6-23-14(19)8-21-3)28-12-17(13-29-18)10-26-16(2,22-4)27-11-17;1-5-7-18-8-9-19-16(6-2)22-12-15(13-23-16)10-20-14(3,17-4)21-11-15/h5-13H2,1-4H3;5-13H2,1-4H3. The second-order valence-electron chi connectivity index (χ2n) is 13.1. The van der Waals surface area contributed by atoms with Crippen LogP contribution in [0.25, 0.3) is 0 Å². The summed E-state index contributed by atoms with van der Waals surface area (Å²) in [4.78, 5) is 22.9. The molecule has 0 aromatic heterocycles. The van der Waals surface area contributed by atoms with Crippen LogP contribution in [0.4, 0.5) is 0 Å². The smallest absolute Gasteiger partial charge is 0.332 e. The average molecular weight is 757 g/mol. The maximum atomic E-state index is 11.8. The van der Waals surface area contributed by atoms with Crippen molar-refractivity contribution in [2.75, 3.05) is 120 Å². The molecule has 0 aliphatic carbocycles. The molecule has 52 heavy (non-hydrogen) atoms. The van der Waals surface area contributed by atoms with Crippen molar-refractivity contribution in [1.82, 2.24) is 0 Å². The summed E-state index contributed by atoms with van der Waals surface area (Å²) in [6.45, 7) is 13.3. The Hall–Kier alpha value is -1.62. The number of methoxy groups -OCH3 is 3. The Morgan fingerprint density at radius 2 is 0.923 bits per heavy atom. The third kappa shape index (κ3) is 13.3. The summed E-state index contributed by atoms with van der Waals surface area (Å²) in [6.07, 6.45) is 1.96. The van der Waals surface area contributed by atoms with Crippen LogP contribution in [-0.2, 0) is 85.4 Å². The van der Waals surface area contributed by atoms with Crippen molar-refractivity contribution < 1.29 is 85.4 Å². The molecule has 0 saturated carbocycles. The Morgan fingerprint density at radius 1 is 0.519 bits per heavy atom. The van der Waals surface area contributed by atoms with Crippen molar-refractivity contribution in [1.29, 1.82) is 0 Å². The second-order valence-corrected chi connectivity index (χ2v) is 13.1.